The van der Waals surface area contributed by atoms with E-state index in [1.165, 1.54) is 0 Å². The lowest BCUT2D eigenvalue weighted by molar-refractivity contribution is -0.123. The number of benzene rings is 2. The van der Waals surface area contributed by atoms with Gasteiger partial charge in [-0.25, -0.2) is 0 Å². The molecule has 0 bridgehead atoms. The summed E-state index contributed by atoms with van der Waals surface area (Å²) in [4.78, 5) is 26.2. The van der Waals surface area contributed by atoms with Gasteiger partial charge in [-0.2, -0.15) is 0 Å². The van der Waals surface area contributed by atoms with E-state index in [0.717, 1.165) is 16.5 Å². The molecule has 1 amide bonds. The minimum absolute atomic E-state index is 0.00528. The van der Waals surface area contributed by atoms with Gasteiger partial charge >= 0.3 is 0 Å². The quantitative estimate of drug-likeness (QED) is 0.590. The fourth-order valence-corrected chi connectivity index (χ4v) is 4.95. The molecule has 0 spiro atoms. The molecule has 2 unspecified atom stereocenters. The maximum atomic E-state index is 13.2. The Morgan fingerprint density at radius 3 is 2.33 bits per heavy atom. The van der Waals surface area contributed by atoms with E-state index in [1.807, 2.05) is 29.8 Å². The average Bonchev–Trinajstić information content (AvgIpc) is 3.31. The molecule has 1 fully saturated rings. The van der Waals surface area contributed by atoms with Gasteiger partial charge in [0.1, 0.15) is 17.3 Å². The minimum Gasteiger partial charge on any atom is -0.497 e. The number of ketones is 1. The van der Waals surface area contributed by atoms with E-state index in [1.54, 1.807) is 52.3 Å². The average molecular weight is 451 g/mol. The van der Waals surface area contributed by atoms with Crippen molar-refractivity contribution in [2.75, 3.05) is 19.5 Å². The van der Waals surface area contributed by atoms with Crippen LogP contribution in [0, 0.1) is 5.92 Å². The van der Waals surface area contributed by atoms with Crippen molar-refractivity contribution in [1.82, 2.24) is 4.57 Å². The number of aliphatic hydroxyl groups is 1. The van der Waals surface area contributed by atoms with Gasteiger partial charge in [0.2, 0.25) is 5.91 Å². The molecule has 3 aromatic rings. The number of ether oxygens (including phenoxy) is 2. The van der Waals surface area contributed by atoms with E-state index in [2.05, 4.69) is 5.32 Å². The number of carbonyl (C=O) groups is 2. The lowest BCUT2D eigenvalue weighted by Gasteiger charge is -2.23. The topological polar surface area (TPSA) is 89.8 Å². The zero-order chi connectivity index (χ0) is 23.9. The second-order valence-electron chi connectivity index (χ2n) is 9.14. The third-order valence-electron chi connectivity index (χ3n) is 6.46. The Morgan fingerprint density at radius 2 is 1.73 bits per heavy atom. The Labute approximate surface area is 193 Å². The van der Waals surface area contributed by atoms with Crippen LogP contribution in [0.15, 0.2) is 42.5 Å². The van der Waals surface area contributed by atoms with E-state index in [-0.39, 0.29) is 18.1 Å². The second kappa shape index (κ2) is 8.56. The number of hydrogen-bond donors (Lipinski definition) is 2. The predicted octanol–water partition coefficient (Wildman–Crippen LogP) is 4.12. The van der Waals surface area contributed by atoms with Crippen molar-refractivity contribution in [3.05, 3.63) is 53.7 Å². The van der Waals surface area contributed by atoms with Crippen molar-refractivity contribution in [3.8, 4) is 11.5 Å². The first-order chi connectivity index (χ1) is 15.6. The molecule has 0 aliphatic heterocycles. The fourth-order valence-electron chi connectivity index (χ4n) is 4.95. The van der Waals surface area contributed by atoms with Crippen molar-refractivity contribution in [2.45, 2.75) is 38.2 Å². The van der Waals surface area contributed by atoms with E-state index in [9.17, 15) is 14.7 Å². The van der Waals surface area contributed by atoms with Crippen LogP contribution in [0.4, 0.5) is 5.69 Å². The Balaban J connectivity index is 1.68. The number of amides is 1. The van der Waals surface area contributed by atoms with E-state index in [0.29, 0.717) is 29.3 Å². The standard InChI is InChI=1S/C26H30N2O5/c1-26(2,31)24-23(19-14-18(33-5)10-11-21(19)28(24)3)20-12-15(13-22(20)29)25(30)27-16-6-8-17(32-4)9-7-16/h6-11,14-15,20,31H,12-13H2,1-5H3,(H,27,30). The molecule has 7 heteroatoms. The van der Waals surface area contributed by atoms with Gasteiger partial charge in [-0.15, -0.1) is 0 Å². The molecule has 1 saturated carbocycles. The van der Waals surface area contributed by atoms with Crippen molar-refractivity contribution < 1.29 is 24.2 Å². The molecule has 4 rings (SSSR count). The molecule has 7 nitrogen and oxygen atoms in total. The summed E-state index contributed by atoms with van der Waals surface area (Å²) < 4.78 is 12.5. The summed E-state index contributed by atoms with van der Waals surface area (Å²) in [6, 6.07) is 12.8. The van der Waals surface area contributed by atoms with Gasteiger partial charge in [-0.3, -0.25) is 9.59 Å². The summed E-state index contributed by atoms with van der Waals surface area (Å²) in [6.45, 7) is 3.44. The first-order valence-corrected chi connectivity index (χ1v) is 11.0. The molecule has 1 aliphatic carbocycles. The third kappa shape index (κ3) is 4.20. The van der Waals surface area contributed by atoms with E-state index in [4.69, 9.17) is 9.47 Å². The van der Waals surface area contributed by atoms with Crippen LogP contribution >= 0.6 is 0 Å². The van der Waals surface area contributed by atoms with Crippen LogP contribution < -0.4 is 14.8 Å². The van der Waals surface area contributed by atoms with Crippen LogP contribution in [0.1, 0.15) is 43.9 Å². The Bertz CT molecular complexity index is 1200. The molecule has 0 saturated heterocycles. The number of aryl methyl sites for hydroxylation is 1. The highest BCUT2D eigenvalue weighted by Crippen LogP contribution is 2.45. The fraction of sp³-hybridized carbons (Fsp3) is 0.385. The SMILES string of the molecule is COc1ccc(NC(=O)C2CC(=O)C(c3c(C(C)(C)O)n(C)c4ccc(OC)cc34)C2)cc1. The van der Waals surface area contributed by atoms with Crippen LogP contribution in [0.25, 0.3) is 10.9 Å². The Hall–Kier alpha value is -3.32. The summed E-state index contributed by atoms with van der Waals surface area (Å²) in [5, 5.41) is 14.8. The van der Waals surface area contributed by atoms with Crippen molar-refractivity contribution in [3.63, 3.8) is 0 Å². The van der Waals surface area contributed by atoms with E-state index >= 15 is 0 Å². The van der Waals surface area contributed by atoms with Crippen LogP contribution in [-0.4, -0.2) is 35.6 Å². The summed E-state index contributed by atoms with van der Waals surface area (Å²) >= 11 is 0. The minimum atomic E-state index is -1.17. The van der Waals surface area contributed by atoms with Gasteiger partial charge in [-0.05, 0) is 68.3 Å². The molecule has 2 N–H and O–H groups in total. The van der Waals surface area contributed by atoms with Crippen LogP contribution in [-0.2, 0) is 22.2 Å². The van der Waals surface area contributed by atoms with Gasteiger partial charge < -0.3 is 24.5 Å². The number of Topliss-reactive ketones (excluding diaryl/α,β-unsaturated/α-hetero) is 1. The summed E-state index contributed by atoms with van der Waals surface area (Å²) in [5.74, 6) is 0.281. The highest BCUT2D eigenvalue weighted by atomic mass is 16.5. The van der Waals surface area contributed by atoms with Gasteiger partial charge in [0, 0.05) is 41.9 Å². The van der Waals surface area contributed by atoms with Gasteiger partial charge in [-0.1, -0.05) is 0 Å². The number of hydrogen-bond acceptors (Lipinski definition) is 5. The smallest absolute Gasteiger partial charge is 0.227 e. The molecular weight excluding hydrogens is 420 g/mol. The molecule has 2 aromatic carbocycles. The zero-order valence-electron chi connectivity index (χ0n) is 19.6. The Morgan fingerprint density at radius 1 is 1.09 bits per heavy atom. The predicted molar refractivity (Wildman–Crippen MR) is 127 cm³/mol. The first kappa shape index (κ1) is 22.9. The molecule has 1 heterocycles. The highest BCUT2D eigenvalue weighted by Gasteiger charge is 2.42. The zero-order valence-corrected chi connectivity index (χ0v) is 19.6. The number of methoxy groups -OCH3 is 2. The van der Waals surface area contributed by atoms with E-state index < -0.39 is 17.4 Å². The summed E-state index contributed by atoms with van der Waals surface area (Å²) in [7, 11) is 5.07. The van der Waals surface area contributed by atoms with Gasteiger partial charge in [0.05, 0.1) is 25.5 Å². The molecule has 0 radical (unpaired) electrons. The van der Waals surface area contributed by atoms with Crippen LogP contribution in [0.2, 0.25) is 0 Å². The number of aromatic nitrogens is 1. The summed E-state index contributed by atoms with van der Waals surface area (Å²) in [6.07, 6.45) is 0.554. The van der Waals surface area contributed by atoms with Gasteiger partial charge in [0.25, 0.3) is 0 Å². The maximum absolute atomic E-state index is 13.2. The number of fused-ring (bicyclic) bond motifs is 1. The molecule has 1 aliphatic rings. The number of anilines is 1. The van der Waals surface area contributed by atoms with Crippen molar-refractivity contribution in [1.29, 1.82) is 0 Å². The second-order valence-corrected chi connectivity index (χ2v) is 9.14. The molecular formula is C26H30N2O5. The maximum Gasteiger partial charge on any atom is 0.227 e. The number of nitrogens with zero attached hydrogens (tertiary/aromatic N) is 1. The number of carbonyl (C=O) groups excluding carboxylic acids is 2. The Kier molecular flexibility index (Phi) is 5.93. The van der Waals surface area contributed by atoms with Crippen molar-refractivity contribution in [2.24, 2.45) is 13.0 Å². The van der Waals surface area contributed by atoms with Crippen molar-refractivity contribution >= 4 is 28.3 Å². The molecule has 174 valence electrons. The third-order valence-corrected chi connectivity index (χ3v) is 6.46. The molecule has 2 atom stereocenters. The molecule has 33 heavy (non-hydrogen) atoms. The molecule has 1 aromatic heterocycles. The first-order valence-electron chi connectivity index (χ1n) is 11.0. The lowest BCUT2D eigenvalue weighted by Crippen LogP contribution is -2.23. The van der Waals surface area contributed by atoms with Crippen LogP contribution in [0.3, 0.4) is 0 Å². The number of nitrogens with one attached hydrogen (secondary N) is 1. The monoisotopic (exact) mass is 450 g/mol. The van der Waals surface area contributed by atoms with Gasteiger partial charge in [0.15, 0.2) is 0 Å². The lowest BCUT2D eigenvalue weighted by atomic mass is 9.88. The largest absolute Gasteiger partial charge is 0.497 e. The van der Waals surface area contributed by atoms with Crippen LogP contribution in [0.5, 0.6) is 11.5 Å². The highest BCUT2D eigenvalue weighted by molar-refractivity contribution is 6.02. The summed E-state index contributed by atoms with van der Waals surface area (Å²) in [5.41, 5.74) is 1.86. The number of rotatable bonds is 6. The normalized spacial score (nSPS) is 18.5.